The van der Waals surface area contributed by atoms with Gasteiger partial charge in [-0.15, -0.1) is 0 Å². The van der Waals surface area contributed by atoms with Gasteiger partial charge in [-0.2, -0.15) is 0 Å². The van der Waals surface area contributed by atoms with Crippen molar-refractivity contribution in [2.75, 3.05) is 7.11 Å². The standard InChI is InChI=1S/C26H20ClF2NO4/c1-15-3-8-23(30(15)19-7-10-24(33-2)21(13-19)26(31)32)20-11-17(27)5-9-25(20)34-14-16-4-6-18(28)12-22(16)29/h3-13H,14H2,1-2H3,(H,31,32). The van der Waals surface area contributed by atoms with Crippen LogP contribution in [0.25, 0.3) is 16.9 Å². The van der Waals surface area contributed by atoms with E-state index in [1.54, 1.807) is 30.3 Å². The normalized spacial score (nSPS) is 10.9. The van der Waals surface area contributed by atoms with Crippen LogP contribution < -0.4 is 9.47 Å². The van der Waals surface area contributed by atoms with Gasteiger partial charge < -0.3 is 19.1 Å². The zero-order chi connectivity index (χ0) is 24.4. The van der Waals surface area contributed by atoms with Crippen molar-refractivity contribution in [3.63, 3.8) is 0 Å². The molecule has 0 saturated carbocycles. The number of halogens is 3. The number of hydrogen-bond acceptors (Lipinski definition) is 3. The second-order valence-electron chi connectivity index (χ2n) is 7.55. The highest BCUT2D eigenvalue weighted by Gasteiger charge is 2.18. The topological polar surface area (TPSA) is 60.7 Å². The summed E-state index contributed by atoms with van der Waals surface area (Å²) >= 11 is 6.28. The molecule has 0 spiro atoms. The maximum absolute atomic E-state index is 14.1. The maximum atomic E-state index is 14.1. The predicted molar refractivity (Wildman–Crippen MR) is 125 cm³/mol. The number of ether oxygens (including phenoxy) is 2. The van der Waals surface area contributed by atoms with Crippen LogP contribution in [0.15, 0.2) is 66.7 Å². The number of benzene rings is 3. The molecule has 3 aromatic carbocycles. The smallest absolute Gasteiger partial charge is 0.339 e. The highest BCUT2D eigenvalue weighted by Crippen LogP contribution is 2.37. The van der Waals surface area contributed by atoms with Crippen LogP contribution in [0.4, 0.5) is 8.78 Å². The monoisotopic (exact) mass is 483 g/mol. The first-order chi connectivity index (χ1) is 16.3. The first-order valence-electron chi connectivity index (χ1n) is 10.2. The summed E-state index contributed by atoms with van der Waals surface area (Å²) in [5, 5.41) is 10.1. The van der Waals surface area contributed by atoms with Crippen molar-refractivity contribution in [2.24, 2.45) is 0 Å². The van der Waals surface area contributed by atoms with E-state index in [4.69, 9.17) is 21.1 Å². The van der Waals surface area contributed by atoms with Gasteiger partial charge in [0.2, 0.25) is 0 Å². The number of methoxy groups -OCH3 is 1. The van der Waals surface area contributed by atoms with E-state index in [1.165, 1.54) is 25.3 Å². The number of rotatable bonds is 7. The number of nitrogens with zero attached hydrogens (tertiary/aromatic N) is 1. The van der Waals surface area contributed by atoms with Gasteiger partial charge in [0.15, 0.2) is 0 Å². The van der Waals surface area contributed by atoms with Gasteiger partial charge in [0.1, 0.15) is 35.3 Å². The average Bonchev–Trinajstić information content (AvgIpc) is 3.19. The minimum absolute atomic E-state index is 0.0217. The first-order valence-corrected chi connectivity index (χ1v) is 10.6. The third kappa shape index (κ3) is 4.61. The molecular weight excluding hydrogens is 464 g/mol. The van der Waals surface area contributed by atoms with Crippen LogP contribution >= 0.6 is 11.6 Å². The Balaban J connectivity index is 1.78. The highest BCUT2D eigenvalue weighted by molar-refractivity contribution is 6.31. The number of carbonyl (C=O) groups is 1. The molecule has 0 aliphatic heterocycles. The summed E-state index contributed by atoms with van der Waals surface area (Å²) in [6, 6.07) is 16.9. The molecule has 0 aliphatic carbocycles. The van der Waals surface area contributed by atoms with Crippen molar-refractivity contribution < 1.29 is 28.2 Å². The summed E-state index contributed by atoms with van der Waals surface area (Å²) in [4.78, 5) is 11.7. The van der Waals surface area contributed by atoms with Crippen molar-refractivity contribution in [2.45, 2.75) is 13.5 Å². The molecule has 1 N–H and O–H groups in total. The predicted octanol–water partition coefficient (Wildman–Crippen LogP) is 6.67. The van der Waals surface area contributed by atoms with E-state index in [1.807, 2.05) is 23.6 Å². The van der Waals surface area contributed by atoms with E-state index in [0.717, 1.165) is 11.8 Å². The fourth-order valence-corrected chi connectivity index (χ4v) is 3.89. The Bertz CT molecular complexity index is 1380. The summed E-state index contributed by atoms with van der Waals surface area (Å²) in [5.41, 5.74) is 2.98. The fraction of sp³-hybridized carbons (Fsp3) is 0.115. The summed E-state index contributed by atoms with van der Waals surface area (Å²) in [6.45, 7) is 1.76. The number of hydrogen-bond donors (Lipinski definition) is 1. The van der Waals surface area contributed by atoms with Crippen LogP contribution in [0.1, 0.15) is 21.6 Å². The molecule has 4 aromatic rings. The van der Waals surface area contributed by atoms with Crippen molar-refractivity contribution >= 4 is 17.6 Å². The van der Waals surface area contributed by atoms with Gasteiger partial charge in [-0.3, -0.25) is 0 Å². The minimum atomic E-state index is -1.11. The maximum Gasteiger partial charge on any atom is 0.339 e. The molecule has 0 aliphatic rings. The molecule has 1 heterocycles. The van der Waals surface area contributed by atoms with Gasteiger partial charge in [0.25, 0.3) is 0 Å². The van der Waals surface area contributed by atoms with Crippen LogP contribution in [-0.4, -0.2) is 22.8 Å². The third-order valence-corrected chi connectivity index (χ3v) is 5.60. The number of aromatic nitrogens is 1. The Hall–Kier alpha value is -3.84. The molecule has 4 rings (SSSR count). The lowest BCUT2D eigenvalue weighted by atomic mass is 10.1. The molecule has 0 fully saturated rings. The molecular formula is C26H20ClF2NO4. The van der Waals surface area contributed by atoms with Crippen molar-refractivity contribution in [1.82, 2.24) is 4.57 Å². The van der Waals surface area contributed by atoms with Crippen LogP contribution in [0.5, 0.6) is 11.5 Å². The molecule has 0 amide bonds. The zero-order valence-corrected chi connectivity index (χ0v) is 19.1. The fourth-order valence-electron chi connectivity index (χ4n) is 3.72. The lowest BCUT2D eigenvalue weighted by Gasteiger charge is -2.17. The van der Waals surface area contributed by atoms with E-state index in [0.29, 0.717) is 27.7 Å². The summed E-state index contributed by atoms with van der Waals surface area (Å²) in [5.74, 6) is -1.80. The Morgan fingerprint density at radius 1 is 1.00 bits per heavy atom. The van der Waals surface area contributed by atoms with E-state index < -0.39 is 17.6 Å². The van der Waals surface area contributed by atoms with Crippen LogP contribution in [0.3, 0.4) is 0 Å². The van der Waals surface area contributed by atoms with Gasteiger partial charge >= 0.3 is 5.97 Å². The number of carboxylic acid groups (broad SMARTS) is 1. The summed E-state index contributed by atoms with van der Waals surface area (Å²) in [7, 11) is 1.41. The first kappa shape index (κ1) is 23.3. The molecule has 0 saturated heterocycles. The van der Waals surface area contributed by atoms with Crippen molar-refractivity contribution in [3.05, 3.63) is 100 Å². The van der Waals surface area contributed by atoms with Gasteiger partial charge in [-0.1, -0.05) is 11.6 Å². The van der Waals surface area contributed by atoms with E-state index in [-0.39, 0.29) is 23.5 Å². The van der Waals surface area contributed by atoms with Gasteiger partial charge in [-0.05, 0) is 67.6 Å². The number of aryl methyl sites for hydroxylation is 1. The average molecular weight is 484 g/mol. The summed E-state index contributed by atoms with van der Waals surface area (Å²) in [6.07, 6.45) is 0. The Morgan fingerprint density at radius 3 is 2.47 bits per heavy atom. The van der Waals surface area contributed by atoms with Crippen molar-refractivity contribution in [3.8, 4) is 28.4 Å². The lowest BCUT2D eigenvalue weighted by Crippen LogP contribution is -2.06. The third-order valence-electron chi connectivity index (χ3n) is 5.36. The van der Waals surface area contributed by atoms with Crippen molar-refractivity contribution in [1.29, 1.82) is 0 Å². The summed E-state index contributed by atoms with van der Waals surface area (Å²) < 4.78 is 40.3. The quantitative estimate of drug-likeness (QED) is 0.319. The number of carboxylic acids is 1. The molecule has 34 heavy (non-hydrogen) atoms. The van der Waals surface area contributed by atoms with Crippen LogP contribution in [0, 0.1) is 18.6 Å². The van der Waals surface area contributed by atoms with E-state index in [2.05, 4.69) is 0 Å². The second-order valence-corrected chi connectivity index (χ2v) is 7.99. The van der Waals surface area contributed by atoms with Gasteiger partial charge in [0, 0.05) is 33.6 Å². The lowest BCUT2D eigenvalue weighted by molar-refractivity contribution is 0.0693. The van der Waals surface area contributed by atoms with E-state index in [9.17, 15) is 18.7 Å². The largest absolute Gasteiger partial charge is 0.496 e. The number of aromatic carboxylic acids is 1. The van der Waals surface area contributed by atoms with Gasteiger partial charge in [-0.25, -0.2) is 13.6 Å². The van der Waals surface area contributed by atoms with Crippen LogP contribution in [0.2, 0.25) is 5.02 Å². The molecule has 0 unspecified atom stereocenters. The SMILES string of the molecule is COc1ccc(-n2c(C)ccc2-c2cc(Cl)ccc2OCc2ccc(F)cc2F)cc1C(=O)O. The zero-order valence-electron chi connectivity index (χ0n) is 18.3. The molecule has 5 nitrogen and oxygen atoms in total. The molecule has 0 radical (unpaired) electrons. The van der Waals surface area contributed by atoms with Gasteiger partial charge in [0.05, 0.1) is 12.8 Å². The Kier molecular flexibility index (Phi) is 6.56. The Morgan fingerprint density at radius 2 is 1.76 bits per heavy atom. The second kappa shape index (κ2) is 9.57. The highest BCUT2D eigenvalue weighted by atomic mass is 35.5. The van der Waals surface area contributed by atoms with E-state index >= 15 is 0 Å². The molecule has 174 valence electrons. The van der Waals surface area contributed by atoms with Crippen LogP contribution in [-0.2, 0) is 6.61 Å². The Labute approximate surface area is 199 Å². The minimum Gasteiger partial charge on any atom is -0.496 e. The molecule has 0 atom stereocenters. The molecule has 8 heteroatoms. The molecule has 0 bridgehead atoms. The molecule has 1 aromatic heterocycles.